The predicted octanol–water partition coefficient (Wildman–Crippen LogP) is 1.73. The van der Waals surface area contributed by atoms with Crippen molar-refractivity contribution in [3.63, 3.8) is 0 Å². The largest absolute Gasteiger partial charge is 0.468 e. The molecule has 0 saturated carbocycles. The number of nitrogens with one attached hydrogen (secondary N) is 1. The van der Waals surface area contributed by atoms with Gasteiger partial charge in [0.1, 0.15) is 11.8 Å². The monoisotopic (exact) mass is 263 g/mol. The van der Waals surface area contributed by atoms with Gasteiger partial charge in [-0.05, 0) is 32.3 Å². The van der Waals surface area contributed by atoms with Crippen molar-refractivity contribution < 1.29 is 14.3 Å². The molecule has 1 unspecified atom stereocenters. The average Bonchev–Trinajstić information content (AvgIpc) is 2.43. The van der Waals surface area contributed by atoms with Crippen molar-refractivity contribution in [3.8, 4) is 0 Å². The van der Waals surface area contributed by atoms with Gasteiger partial charge in [0.05, 0.1) is 13.2 Å². The molecule has 1 N–H and O–H groups in total. The van der Waals surface area contributed by atoms with Gasteiger partial charge in [0.2, 0.25) is 0 Å². The van der Waals surface area contributed by atoms with Crippen molar-refractivity contribution in [1.82, 2.24) is 5.32 Å². The number of hydrogen-bond acceptors (Lipinski definition) is 4. The third-order valence-corrected chi connectivity index (χ3v) is 3.11. The Bertz CT molecular complexity index is 417. The van der Waals surface area contributed by atoms with Gasteiger partial charge in [0.25, 0.3) is 0 Å². The number of methoxy groups -OCH3 is 1. The summed E-state index contributed by atoms with van der Waals surface area (Å²) in [5.41, 5.74) is 1.16. The lowest BCUT2D eigenvalue weighted by atomic mass is 10.0. The summed E-state index contributed by atoms with van der Waals surface area (Å²) in [5.74, 6) is -0.322. The van der Waals surface area contributed by atoms with Crippen LogP contribution >= 0.6 is 0 Å². The van der Waals surface area contributed by atoms with Crippen LogP contribution in [-0.2, 0) is 20.7 Å². The minimum atomic E-state index is -0.455. The van der Waals surface area contributed by atoms with Gasteiger partial charge < -0.3 is 4.74 Å². The lowest BCUT2D eigenvalue weighted by Gasteiger charge is -2.19. The third kappa shape index (κ3) is 5.22. The number of ether oxygens (including phenoxy) is 1. The van der Waals surface area contributed by atoms with Crippen LogP contribution in [0.3, 0.4) is 0 Å². The fraction of sp³-hybridized carbons (Fsp3) is 0.467. The number of ketones is 1. The van der Waals surface area contributed by atoms with Gasteiger partial charge in [0, 0.05) is 0 Å². The number of Topliss-reactive ketones (excluding diaryl/α,β-unsaturated/α-hetero) is 1. The summed E-state index contributed by atoms with van der Waals surface area (Å²) in [6, 6.07) is 9.12. The summed E-state index contributed by atoms with van der Waals surface area (Å²) in [7, 11) is 1.36. The molecule has 4 nitrogen and oxygen atoms in total. The summed E-state index contributed by atoms with van der Waals surface area (Å²) in [6.45, 7) is 3.25. The molecule has 0 spiro atoms. The van der Waals surface area contributed by atoms with Crippen LogP contribution in [0, 0.1) is 0 Å². The van der Waals surface area contributed by atoms with E-state index in [-0.39, 0.29) is 17.8 Å². The first-order chi connectivity index (χ1) is 9.04. The highest BCUT2D eigenvalue weighted by Crippen LogP contribution is 2.07. The van der Waals surface area contributed by atoms with Crippen LogP contribution in [0.1, 0.15) is 25.8 Å². The average molecular weight is 263 g/mol. The van der Waals surface area contributed by atoms with Crippen molar-refractivity contribution in [2.24, 2.45) is 0 Å². The van der Waals surface area contributed by atoms with E-state index in [4.69, 9.17) is 4.74 Å². The van der Waals surface area contributed by atoms with E-state index in [1.807, 2.05) is 30.3 Å². The van der Waals surface area contributed by atoms with E-state index in [1.54, 1.807) is 6.92 Å². The molecule has 0 amide bonds. The van der Waals surface area contributed by atoms with E-state index in [9.17, 15) is 9.59 Å². The van der Waals surface area contributed by atoms with Gasteiger partial charge in [0.15, 0.2) is 0 Å². The second kappa shape index (κ2) is 7.69. The molecule has 104 valence electrons. The molecule has 2 atom stereocenters. The first-order valence-electron chi connectivity index (χ1n) is 6.43. The summed E-state index contributed by atoms with van der Waals surface area (Å²) in [4.78, 5) is 22.9. The van der Waals surface area contributed by atoms with Crippen LogP contribution < -0.4 is 5.32 Å². The van der Waals surface area contributed by atoms with Gasteiger partial charge in [-0.15, -0.1) is 0 Å². The maximum atomic E-state index is 11.7. The number of aryl methyl sites for hydroxylation is 1. The van der Waals surface area contributed by atoms with E-state index >= 15 is 0 Å². The van der Waals surface area contributed by atoms with Gasteiger partial charge >= 0.3 is 5.97 Å². The molecule has 0 aliphatic heterocycles. The molecule has 0 aliphatic carbocycles. The zero-order valence-corrected chi connectivity index (χ0v) is 11.7. The van der Waals surface area contributed by atoms with E-state index in [0.29, 0.717) is 6.42 Å². The Morgan fingerprint density at radius 3 is 2.42 bits per heavy atom. The molecule has 1 aromatic rings. The lowest BCUT2D eigenvalue weighted by molar-refractivity contribution is -0.143. The Kier molecular flexibility index (Phi) is 6.22. The number of esters is 1. The second-order valence-corrected chi connectivity index (χ2v) is 4.60. The van der Waals surface area contributed by atoms with Crippen LogP contribution in [0.4, 0.5) is 0 Å². The molecular formula is C15H21NO3. The minimum absolute atomic E-state index is 0.00798. The molecule has 0 fully saturated rings. The molecular weight excluding hydrogens is 242 g/mol. The first kappa shape index (κ1) is 15.4. The first-order valence-corrected chi connectivity index (χ1v) is 6.43. The highest BCUT2D eigenvalue weighted by molar-refractivity contribution is 5.82. The summed E-state index contributed by atoms with van der Waals surface area (Å²) in [5, 5.41) is 3.01. The smallest absolute Gasteiger partial charge is 0.322 e. The zero-order chi connectivity index (χ0) is 14.3. The van der Waals surface area contributed by atoms with Crippen molar-refractivity contribution in [1.29, 1.82) is 0 Å². The lowest BCUT2D eigenvalue weighted by Crippen LogP contribution is -2.45. The quantitative estimate of drug-likeness (QED) is 0.761. The summed E-state index contributed by atoms with van der Waals surface area (Å²) >= 11 is 0. The second-order valence-electron chi connectivity index (χ2n) is 4.60. The van der Waals surface area contributed by atoms with Crippen molar-refractivity contribution in [2.75, 3.05) is 7.11 Å². The Morgan fingerprint density at radius 2 is 1.89 bits per heavy atom. The normalized spacial score (nSPS) is 13.6. The standard InChI is InChI=1S/C15H21NO3/c1-11(12(2)17)16-14(15(18)19-3)10-9-13-7-5-4-6-8-13/h4-8,11,14,16H,9-10H2,1-3H3/t11?,14-/m1/s1. The highest BCUT2D eigenvalue weighted by Gasteiger charge is 2.22. The van der Waals surface area contributed by atoms with Crippen LogP contribution in [0.25, 0.3) is 0 Å². The molecule has 0 radical (unpaired) electrons. The van der Waals surface area contributed by atoms with E-state index < -0.39 is 6.04 Å². The maximum absolute atomic E-state index is 11.7. The maximum Gasteiger partial charge on any atom is 0.322 e. The number of benzene rings is 1. The van der Waals surface area contributed by atoms with Crippen molar-refractivity contribution in [3.05, 3.63) is 35.9 Å². The van der Waals surface area contributed by atoms with Gasteiger partial charge in [-0.3, -0.25) is 14.9 Å². The van der Waals surface area contributed by atoms with E-state index in [1.165, 1.54) is 14.0 Å². The predicted molar refractivity (Wildman–Crippen MR) is 73.8 cm³/mol. The SMILES string of the molecule is COC(=O)[C@@H](CCc1ccccc1)NC(C)C(C)=O. The number of carbonyl (C=O) groups is 2. The number of rotatable bonds is 7. The highest BCUT2D eigenvalue weighted by atomic mass is 16.5. The molecule has 0 saturated heterocycles. The van der Waals surface area contributed by atoms with Crippen LogP contribution in [0.15, 0.2) is 30.3 Å². The number of hydrogen-bond donors (Lipinski definition) is 1. The zero-order valence-electron chi connectivity index (χ0n) is 11.7. The molecule has 0 aromatic heterocycles. The number of carbonyl (C=O) groups excluding carboxylic acids is 2. The third-order valence-electron chi connectivity index (χ3n) is 3.11. The molecule has 19 heavy (non-hydrogen) atoms. The Morgan fingerprint density at radius 1 is 1.26 bits per heavy atom. The van der Waals surface area contributed by atoms with Gasteiger partial charge in [-0.25, -0.2) is 0 Å². The minimum Gasteiger partial charge on any atom is -0.468 e. The van der Waals surface area contributed by atoms with Crippen molar-refractivity contribution in [2.45, 2.75) is 38.8 Å². The fourth-order valence-corrected chi connectivity index (χ4v) is 1.79. The molecule has 1 aromatic carbocycles. The molecule has 0 aliphatic rings. The van der Waals surface area contributed by atoms with E-state index in [2.05, 4.69) is 5.32 Å². The summed E-state index contributed by atoms with van der Waals surface area (Å²) < 4.78 is 4.77. The van der Waals surface area contributed by atoms with Crippen molar-refractivity contribution >= 4 is 11.8 Å². The Labute approximate surface area is 114 Å². The van der Waals surface area contributed by atoms with Crippen LogP contribution in [-0.4, -0.2) is 30.9 Å². The van der Waals surface area contributed by atoms with Crippen LogP contribution in [0.5, 0.6) is 0 Å². The van der Waals surface area contributed by atoms with Gasteiger partial charge in [-0.2, -0.15) is 0 Å². The molecule has 4 heteroatoms. The molecule has 1 rings (SSSR count). The molecule has 0 bridgehead atoms. The fourth-order valence-electron chi connectivity index (χ4n) is 1.79. The van der Waals surface area contributed by atoms with E-state index in [0.717, 1.165) is 12.0 Å². The summed E-state index contributed by atoms with van der Waals surface area (Å²) in [6.07, 6.45) is 1.37. The molecule has 0 heterocycles. The Hall–Kier alpha value is -1.68. The van der Waals surface area contributed by atoms with Gasteiger partial charge in [-0.1, -0.05) is 30.3 Å². The Balaban J connectivity index is 2.60. The van der Waals surface area contributed by atoms with Crippen LogP contribution in [0.2, 0.25) is 0 Å². The topological polar surface area (TPSA) is 55.4 Å².